The molecule has 25 heavy (non-hydrogen) atoms. The van der Waals surface area contributed by atoms with Crippen molar-refractivity contribution in [2.24, 2.45) is 0 Å². The van der Waals surface area contributed by atoms with Crippen LogP contribution in [-0.4, -0.2) is 22.6 Å². The summed E-state index contributed by atoms with van der Waals surface area (Å²) in [5.41, 5.74) is 3.81. The van der Waals surface area contributed by atoms with Gasteiger partial charge in [-0.2, -0.15) is 4.98 Å². The Morgan fingerprint density at radius 2 is 2.00 bits per heavy atom. The van der Waals surface area contributed by atoms with Crippen LogP contribution in [0.15, 0.2) is 24.3 Å². The second kappa shape index (κ2) is 7.20. The lowest BCUT2D eigenvalue weighted by molar-refractivity contribution is 0.710. The fraction of sp³-hybridized carbons (Fsp3) is 0.500. The van der Waals surface area contributed by atoms with Crippen molar-refractivity contribution in [3.8, 4) is 0 Å². The van der Waals surface area contributed by atoms with Gasteiger partial charge in [-0.1, -0.05) is 37.4 Å². The summed E-state index contributed by atoms with van der Waals surface area (Å²) in [5.74, 6) is 1.83. The van der Waals surface area contributed by atoms with Gasteiger partial charge in [0.15, 0.2) is 0 Å². The third kappa shape index (κ3) is 3.74. The normalized spacial score (nSPS) is 17.6. The summed E-state index contributed by atoms with van der Waals surface area (Å²) < 4.78 is 0. The van der Waals surface area contributed by atoms with E-state index in [0.29, 0.717) is 6.04 Å². The van der Waals surface area contributed by atoms with Crippen molar-refractivity contribution in [3.05, 3.63) is 46.1 Å². The van der Waals surface area contributed by atoms with Gasteiger partial charge < -0.3 is 10.2 Å². The fourth-order valence-electron chi connectivity index (χ4n) is 3.86. The van der Waals surface area contributed by atoms with Gasteiger partial charge in [0, 0.05) is 35.9 Å². The molecule has 0 bridgehead atoms. The van der Waals surface area contributed by atoms with Crippen LogP contribution in [-0.2, 0) is 19.4 Å². The van der Waals surface area contributed by atoms with E-state index in [0.717, 1.165) is 48.4 Å². The van der Waals surface area contributed by atoms with Crippen LogP contribution in [0.4, 0.5) is 11.8 Å². The van der Waals surface area contributed by atoms with Gasteiger partial charge >= 0.3 is 0 Å². The quantitative estimate of drug-likeness (QED) is 0.868. The van der Waals surface area contributed by atoms with Gasteiger partial charge in [0.2, 0.25) is 5.95 Å². The van der Waals surface area contributed by atoms with Crippen LogP contribution >= 0.6 is 11.6 Å². The zero-order valence-corrected chi connectivity index (χ0v) is 15.5. The molecule has 5 heteroatoms. The van der Waals surface area contributed by atoms with Crippen LogP contribution in [0.1, 0.15) is 49.4 Å². The molecule has 2 aromatic rings. The zero-order chi connectivity index (χ0) is 17.2. The van der Waals surface area contributed by atoms with Gasteiger partial charge in [-0.15, -0.1) is 0 Å². The third-order valence-corrected chi connectivity index (χ3v) is 5.56. The first-order valence-electron chi connectivity index (χ1n) is 9.38. The summed E-state index contributed by atoms with van der Waals surface area (Å²) in [7, 11) is 0. The summed E-state index contributed by atoms with van der Waals surface area (Å²) in [5, 5.41) is 4.38. The highest BCUT2D eigenvalue weighted by Crippen LogP contribution is 2.27. The van der Waals surface area contributed by atoms with E-state index in [2.05, 4.69) is 35.3 Å². The number of nitrogens with zero attached hydrogens (tertiary/aromatic N) is 3. The first kappa shape index (κ1) is 16.6. The van der Waals surface area contributed by atoms with Gasteiger partial charge in [0.05, 0.1) is 0 Å². The maximum absolute atomic E-state index is 6.13. The van der Waals surface area contributed by atoms with Gasteiger partial charge in [-0.05, 0) is 48.9 Å². The highest BCUT2D eigenvalue weighted by Gasteiger charge is 2.20. The lowest BCUT2D eigenvalue weighted by Gasteiger charge is -2.30. The van der Waals surface area contributed by atoms with Crippen molar-refractivity contribution in [2.45, 2.75) is 58.0 Å². The van der Waals surface area contributed by atoms with Crippen LogP contribution < -0.4 is 10.2 Å². The van der Waals surface area contributed by atoms with E-state index in [-0.39, 0.29) is 0 Å². The fourth-order valence-corrected chi connectivity index (χ4v) is 4.06. The number of anilines is 2. The molecule has 1 saturated carbocycles. The first-order chi connectivity index (χ1) is 12.2. The van der Waals surface area contributed by atoms with E-state index in [1.807, 2.05) is 6.07 Å². The molecule has 1 aliphatic heterocycles. The molecule has 0 atom stereocenters. The van der Waals surface area contributed by atoms with Gasteiger partial charge in [-0.25, -0.2) is 4.98 Å². The topological polar surface area (TPSA) is 41.1 Å². The molecule has 2 heterocycles. The van der Waals surface area contributed by atoms with E-state index in [1.165, 1.54) is 36.8 Å². The Balaban J connectivity index is 1.57. The average molecular weight is 357 g/mol. The predicted molar refractivity (Wildman–Crippen MR) is 103 cm³/mol. The molecule has 1 aliphatic carbocycles. The molecule has 4 nitrogen and oxygen atoms in total. The molecule has 0 saturated heterocycles. The highest BCUT2D eigenvalue weighted by molar-refractivity contribution is 6.30. The number of hydrogen-bond acceptors (Lipinski definition) is 4. The SMILES string of the molecule is CCc1cc(N2CCc3cc(Cl)ccc3C2)nc(NC2CCCC2)n1. The Kier molecular flexibility index (Phi) is 4.80. The summed E-state index contributed by atoms with van der Waals surface area (Å²) in [6.45, 7) is 4.00. The van der Waals surface area contributed by atoms with Crippen molar-refractivity contribution in [1.29, 1.82) is 0 Å². The summed E-state index contributed by atoms with van der Waals surface area (Å²) in [6, 6.07) is 8.89. The van der Waals surface area contributed by atoms with Gasteiger partial charge in [0.25, 0.3) is 0 Å². The van der Waals surface area contributed by atoms with Crippen molar-refractivity contribution < 1.29 is 0 Å². The van der Waals surface area contributed by atoms with Crippen molar-refractivity contribution in [1.82, 2.24) is 9.97 Å². The minimum atomic E-state index is 0.532. The molecule has 0 unspecified atom stereocenters. The summed E-state index contributed by atoms with van der Waals surface area (Å²) in [6.07, 6.45) is 7.01. The van der Waals surface area contributed by atoms with E-state index in [1.54, 1.807) is 0 Å². The van der Waals surface area contributed by atoms with Crippen LogP contribution in [0.25, 0.3) is 0 Å². The molecule has 0 spiro atoms. The molecule has 1 N–H and O–H groups in total. The summed E-state index contributed by atoms with van der Waals surface area (Å²) >= 11 is 6.13. The van der Waals surface area contributed by atoms with Crippen LogP contribution in [0.3, 0.4) is 0 Å². The van der Waals surface area contributed by atoms with Gasteiger partial charge in [-0.3, -0.25) is 0 Å². The van der Waals surface area contributed by atoms with Crippen LogP contribution in [0.2, 0.25) is 5.02 Å². The number of benzene rings is 1. The maximum atomic E-state index is 6.13. The van der Waals surface area contributed by atoms with Gasteiger partial charge in [0.1, 0.15) is 5.82 Å². The molecular weight excluding hydrogens is 332 g/mol. The monoisotopic (exact) mass is 356 g/mol. The number of aryl methyl sites for hydroxylation is 1. The van der Waals surface area contributed by atoms with Crippen molar-refractivity contribution in [2.75, 3.05) is 16.8 Å². The van der Waals surface area contributed by atoms with E-state index < -0.39 is 0 Å². The first-order valence-corrected chi connectivity index (χ1v) is 9.76. The molecule has 4 rings (SSSR count). The van der Waals surface area contributed by atoms with Crippen molar-refractivity contribution >= 4 is 23.4 Å². The Hall–Kier alpha value is -1.81. The number of fused-ring (bicyclic) bond motifs is 1. The Labute approximate surface area is 154 Å². The number of nitrogens with one attached hydrogen (secondary N) is 1. The minimum absolute atomic E-state index is 0.532. The minimum Gasteiger partial charge on any atom is -0.352 e. The maximum Gasteiger partial charge on any atom is 0.225 e. The molecule has 1 aromatic heterocycles. The van der Waals surface area contributed by atoms with Crippen LogP contribution in [0.5, 0.6) is 0 Å². The Morgan fingerprint density at radius 1 is 1.16 bits per heavy atom. The van der Waals surface area contributed by atoms with Crippen molar-refractivity contribution in [3.63, 3.8) is 0 Å². The Morgan fingerprint density at radius 3 is 2.80 bits per heavy atom. The smallest absolute Gasteiger partial charge is 0.225 e. The van der Waals surface area contributed by atoms with E-state index >= 15 is 0 Å². The largest absolute Gasteiger partial charge is 0.352 e. The zero-order valence-electron chi connectivity index (χ0n) is 14.8. The third-order valence-electron chi connectivity index (χ3n) is 5.32. The van der Waals surface area contributed by atoms with Crippen LogP contribution in [0, 0.1) is 0 Å². The number of hydrogen-bond donors (Lipinski definition) is 1. The second-order valence-corrected chi connectivity index (χ2v) is 7.54. The molecule has 0 radical (unpaired) electrons. The molecule has 132 valence electrons. The van der Waals surface area contributed by atoms with E-state index in [9.17, 15) is 0 Å². The lowest BCUT2D eigenvalue weighted by Crippen LogP contribution is -2.31. The summed E-state index contributed by atoms with van der Waals surface area (Å²) in [4.78, 5) is 11.9. The molecule has 0 amide bonds. The molecule has 1 fully saturated rings. The highest BCUT2D eigenvalue weighted by atomic mass is 35.5. The number of aromatic nitrogens is 2. The molecule has 2 aliphatic rings. The lowest BCUT2D eigenvalue weighted by atomic mass is 10.00. The molecule has 1 aromatic carbocycles. The number of rotatable bonds is 4. The standard InChI is InChI=1S/C20H25ClN4/c1-2-17-12-19(24-20(22-17)23-18-5-3-4-6-18)25-10-9-14-11-16(21)8-7-15(14)13-25/h7-8,11-12,18H,2-6,9-10,13H2,1H3,(H,22,23,24). The molecular formula is C20H25ClN4. The number of halogens is 1. The average Bonchev–Trinajstić information content (AvgIpc) is 3.14. The van der Waals surface area contributed by atoms with E-state index in [4.69, 9.17) is 21.6 Å². The predicted octanol–water partition coefficient (Wildman–Crippen LogP) is 4.61. The second-order valence-electron chi connectivity index (χ2n) is 7.10. The Bertz CT molecular complexity index is 755.